The molecule has 0 aromatic carbocycles. The van der Waals surface area contributed by atoms with Gasteiger partial charge in [-0.05, 0) is 0 Å². The third-order valence-electron chi connectivity index (χ3n) is 0. The molecular formula is CH12CrMnMoNNiPSSi. The molecule has 0 bridgehead atoms. The summed E-state index contributed by atoms with van der Waals surface area (Å²) in [5, 5.41) is 0. The van der Waals surface area contributed by atoms with Crippen molar-refractivity contribution in [1.29, 1.82) is 0 Å². The standard InChI is InChI=1S/CH4.Cr.Mn.Mo.H3N.Ni.H3P.H2S.Si/h1H4;;;;1H3;;1H3;1H2;. The molecule has 8 heteroatoms. The molecule has 9 heavy (non-hydrogen) atoms. The number of hydrogen-bond donors (Lipinski definition) is 1. The van der Waals surface area contributed by atoms with Gasteiger partial charge in [0.15, 0.2) is 0 Å². The van der Waals surface area contributed by atoms with Gasteiger partial charge in [-0.15, -0.1) is 0 Å². The SMILES string of the molecule is C.N.P.S.[Cr].[Mn].[Mo].[Ni].[Si]. The summed E-state index contributed by atoms with van der Waals surface area (Å²) in [5.74, 6) is 0. The molecular weight excluding hydrogens is 379 g/mol. The fourth-order valence-electron chi connectivity index (χ4n) is 0. The number of rotatable bonds is 0. The molecule has 0 heterocycles. The molecule has 0 fully saturated rings. The molecule has 0 aromatic heterocycles. The topological polar surface area (TPSA) is 35.0 Å². The van der Waals surface area contributed by atoms with E-state index in [9.17, 15) is 0 Å². The van der Waals surface area contributed by atoms with E-state index in [1.165, 1.54) is 0 Å². The molecule has 0 amide bonds. The van der Waals surface area contributed by atoms with Crippen LogP contribution in [0, 0.1) is 0 Å². The maximum absolute atomic E-state index is 0. The minimum absolute atomic E-state index is 0. The van der Waals surface area contributed by atoms with E-state index >= 15 is 0 Å². The Balaban J connectivity index is 0. The van der Waals surface area contributed by atoms with Crippen molar-refractivity contribution in [1.82, 2.24) is 6.15 Å². The van der Waals surface area contributed by atoms with Crippen LogP contribution in [0.1, 0.15) is 7.43 Å². The van der Waals surface area contributed by atoms with E-state index in [4.69, 9.17) is 0 Å². The molecule has 0 saturated heterocycles. The largest absolute Gasteiger partial charge is 0.344 e. The first-order chi connectivity index (χ1) is 0. The number of hydrogen-bond acceptors (Lipinski definition) is 1. The summed E-state index contributed by atoms with van der Waals surface area (Å²) >= 11 is 0. The predicted octanol–water partition coefficient (Wildman–Crippen LogP) is 0.578. The van der Waals surface area contributed by atoms with Crippen LogP contribution in [0.2, 0.25) is 0 Å². The Morgan fingerprint density at radius 1 is 1.00 bits per heavy atom. The Morgan fingerprint density at radius 2 is 1.00 bits per heavy atom. The molecule has 0 aliphatic heterocycles. The molecule has 0 aliphatic carbocycles. The first-order valence-electron chi connectivity index (χ1n) is 0. The molecule has 0 rings (SSSR count). The van der Waals surface area contributed by atoms with Gasteiger partial charge in [0.05, 0.1) is 0 Å². The van der Waals surface area contributed by atoms with Crippen LogP contribution in [0.4, 0.5) is 0 Å². The summed E-state index contributed by atoms with van der Waals surface area (Å²) in [7, 11) is 0. The van der Waals surface area contributed by atoms with Crippen molar-refractivity contribution in [2.75, 3.05) is 0 Å². The molecule has 0 spiro atoms. The molecule has 0 saturated carbocycles. The van der Waals surface area contributed by atoms with Crippen LogP contribution >= 0.6 is 23.4 Å². The van der Waals surface area contributed by atoms with Gasteiger partial charge in [0.25, 0.3) is 0 Å². The summed E-state index contributed by atoms with van der Waals surface area (Å²) in [5.41, 5.74) is 0. The molecule has 3 N–H and O–H groups in total. The quantitative estimate of drug-likeness (QED) is 0.476. The van der Waals surface area contributed by atoms with Gasteiger partial charge in [0.2, 0.25) is 0 Å². The summed E-state index contributed by atoms with van der Waals surface area (Å²) < 4.78 is 0. The van der Waals surface area contributed by atoms with E-state index in [2.05, 4.69) is 0 Å². The molecule has 1 atom stereocenters. The second kappa shape index (κ2) is 114. The minimum atomic E-state index is 0. The van der Waals surface area contributed by atoms with Gasteiger partial charge < -0.3 is 6.15 Å². The van der Waals surface area contributed by atoms with Crippen LogP contribution < -0.4 is 6.15 Å². The van der Waals surface area contributed by atoms with Crippen molar-refractivity contribution in [2.45, 2.75) is 7.43 Å². The zero-order valence-corrected chi connectivity index (χ0v) is 12.8. The van der Waals surface area contributed by atoms with Gasteiger partial charge in [0.1, 0.15) is 0 Å². The first kappa shape index (κ1) is 150. The van der Waals surface area contributed by atoms with Crippen LogP contribution in [0.3, 0.4) is 0 Å². The molecule has 1 nitrogen and oxygen atoms in total. The summed E-state index contributed by atoms with van der Waals surface area (Å²) in [6, 6.07) is 0. The minimum Gasteiger partial charge on any atom is -0.344 e. The van der Waals surface area contributed by atoms with Crippen LogP contribution in [0.5, 0.6) is 0 Å². The molecule has 1 unspecified atom stereocenters. The van der Waals surface area contributed by atoms with E-state index < -0.39 is 0 Å². The fourth-order valence-corrected chi connectivity index (χ4v) is 0. The zero-order chi connectivity index (χ0) is 0. The maximum atomic E-state index is 0. The van der Waals surface area contributed by atoms with Crippen molar-refractivity contribution >= 4 is 34.4 Å². The predicted molar refractivity (Wildman–Crippen MR) is 39.0 cm³/mol. The fraction of sp³-hybridized carbons (Fsp3) is 1.00. The second-order valence-electron chi connectivity index (χ2n) is 0. The molecule has 0 aliphatic rings. The Kier molecular flexibility index (Phi) is 1900. The van der Waals surface area contributed by atoms with Gasteiger partial charge in [-0.2, -0.15) is 23.4 Å². The van der Waals surface area contributed by atoms with Crippen molar-refractivity contribution in [3.63, 3.8) is 0 Å². The van der Waals surface area contributed by atoms with Crippen LogP contribution in [0.15, 0.2) is 0 Å². The smallest absolute Gasteiger partial charge is 0 e. The summed E-state index contributed by atoms with van der Waals surface area (Å²) in [4.78, 5) is 0. The van der Waals surface area contributed by atoms with Crippen LogP contribution in [0.25, 0.3) is 0 Å². The monoisotopic (exact) mass is 392 g/mol. The third kappa shape index (κ3) is 92.9. The van der Waals surface area contributed by atoms with Crippen LogP contribution in [-0.2, 0) is 72.0 Å². The van der Waals surface area contributed by atoms with E-state index in [0.717, 1.165) is 0 Å². The van der Waals surface area contributed by atoms with E-state index in [1.807, 2.05) is 0 Å². The third-order valence-corrected chi connectivity index (χ3v) is 0. The van der Waals surface area contributed by atoms with Gasteiger partial charge >= 0.3 is 0 Å². The van der Waals surface area contributed by atoms with Crippen molar-refractivity contribution in [3.8, 4) is 0 Å². The van der Waals surface area contributed by atoms with Crippen molar-refractivity contribution in [3.05, 3.63) is 0 Å². The Labute approximate surface area is 118 Å². The van der Waals surface area contributed by atoms with E-state index in [1.54, 1.807) is 0 Å². The summed E-state index contributed by atoms with van der Waals surface area (Å²) in [6.45, 7) is 0. The van der Waals surface area contributed by atoms with E-state index in [0.29, 0.717) is 0 Å². The van der Waals surface area contributed by atoms with Gasteiger partial charge in [-0.1, -0.05) is 7.43 Å². The van der Waals surface area contributed by atoms with Crippen LogP contribution in [-0.4, -0.2) is 11.0 Å². The zero-order valence-electron chi connectivity index (χ0n) is 3.92. The van der Waals surface area contributed by atoms with Gasteiger partial charge in [-0.3, -0.25) is 0 Å². The Morgan fingerprint density at radius 3 is 1.00 bits per heavy atom. The van der Waals surface area contributed by atoms with Gasteiger partial charge in [-0.25, -0.2) is 0 Å². The first-order valence-corrected chi connectivity index (χ1v) is 0. The normalized spacial score (nSPS) is 0. The van der Waals surface area contributed by atoms with Gasteiger partial charge in [0, 0.05) is 83.0 Å². The maximum Gasteiger partial charge on any atom is 0 e. The molecule has 5 radical (unpaired) electrons. The Bertz CT molecular complexity index is 28.5. The second-order valence-corrected chi connectivity index (χ2v) is 0. The summed E-state index contributed by atoms with van der Waals surface area (Å²) in [6.07, 6.45) is 0. The molecule has 0 aromatic rings. The Hall–Kier alpha value is 3.19. The van der Waals surface area contributed by atoms with Crippen molar-refractivity contribution in [2.24, 2.45) is 0 Å². The molecule has 65 valence electrons. The average Bonchev–Trinajstić information content (AvgIpc) is 0. The van der Waals surface area contributed by atoms with Crippen molar-refractivity contribution < 1.29 is 72.0 Å². The average molecular weight is 391 g/mol. The van der Waals surface area contributed by atoms with E-state index in [-0.39, 0.29) is 120 Å².